The van der Waals surface area contributed by atoms with Crippen molar-refractivity contribution in [3.8, 4) is 11.8 Å². The van der Waals surface area contributed by atoms with Crippen LogP contribution in [0.5, 0.6) is 0 Å². The van der Waals surface area contributed by atoms with E-state index in [2.05, 4.69) is 17.2 Å². The Morgan fingerprint density at radius 1 is 0.889 bits per heavy atom. The molecule has 1 unspecified atom stereocenters. The van der Waals surface area contributed by atoms with Crippen molar-refractivity contribution in [3.63, 3.8) is 0 Å². The second-order valence-electron chi connectivity index (χ2n) is 6.29. The lowest BCUT2D eigenvalue weighted by atomic mass is 10.0. The van der Waals surface area contributed by atoms with Gasteiger partial charge in [-0.05, 0) is 30.7 Å². The van der Waals surface area contributed by atoms with E-state index in [4.69, 9.17) is 0 Å². The topological polar surface area (TPSA) is 83.6 Å². The first-order chi connectivity index (χ1) is 13.1. The number of rotatable bonds is 1. The summed E-state index contributed by atoms with van der Waals surface area (Å²) in [6, 6.07) is 13.2. The van der Waals surface area contributed by atoms with Crippen LogP contribution in [0.4, 0.5) is 0 Å². The number of amides is 4. The van der Waals surface area contributed by atoms with Gasteiger partial charge in [-0.1, -0.05) is 36.1 Å². The van der Waals surface area contributed by atoms with Gasteiger partial charge in [0.1, 0.15) is 6.04 Å². The van der Waals surface area contributed by atoms with E-state index in [0.29, 0.717) is 5.56 Å². The zero-order valence-electron chi connectivity index (χ0n) is 14.2. The molecule has 0 aliphatic carbocycles. The number of piperidine rings is 1. The summed E-state index contributed by atoms with van der Waals surface area (Å²) in [7, 11) is 0. The van der Waals surface area contributed by atoms with E-state index in [1.54, 1.807) is 18.2 Å². The highest BCUT2D eigenvalue weighted by Gasteiger charge is 2.45. The van der Waals surface area contributed by atoms with Crippen molar-refractivity contribution in [1.82, 2.24) is 10.2 Å². The average Bonchev–Trinajstić information content (AvgIpc) is 2.93. The first-order valence-electron chi connectivity index (χ1n) is 8.48. The Labute approximate surface area is 155 Å². The lowest BCUT2D eigenvalue weighted by Gasteiger charge is -2.27. The van der Waals surface area contributed by atoms with E-state index in [1.807, 2.05) is 30.3 Å². The minimum atomic E-state index is -0.981. The van der Waals surface area contributed by atoms with Crippen LogP contribution in [0.2, 0.25) is 0 Å². The number of carbonyl (C=O) groups excluding carboxylic acids is 4. The molecule has 1 fully saturated rings. The van der Waals surface area contributed by atoms with Crippen molar-refractivity contribution in [3.05, 3.63) is 70.8 Å². The molecule has 0 bridgehead atoms. The van der Waals surface area contributed by atoms with Gasteiger partial charge >= 0.3 is 0 Å². The number of nitrogens with zero attached hydrogens (tertiary/aromatic N) is 1. The number of carbonyl (C=O) groups is 4. The molecule has 0 aromatic heterocycles. The summed E-state index contributed by atoms with van der Waals surface area (Å²) in [5, 5.41) is 2.18. The van der Waals surface area contributed by atoms with Crippen LogP contribution in [0.1, 0.15) is 44.7 Å². The molecule has 0 saturated carbocycles. The quantitative estimate of drug-likeness (QED) is 0.618. The average molecular weight is 358 g/mol. The van der Waals surface area contributed by atoms with Crippen molar-refractivity contribution >= 4 is 23.6 Å². The van der Waals surface area contributed by atoms with Gasteiger partial charge in [0.2, 0.25) is 11.8 Å². The van der Waals surface area contributed by atoms with Crippen LogP contribution < -0.4 is 5.32 Å². The largest absolute Gasteiger partial charge is 0.295 e. The second-order valence-corrected chi connectivity index (χ2v) is 6.29. The van der Waals surface area contributed by atoms with E-state index < -0.39 is 29.7 Å². The maximum absolute atomic E-state index is 12.9. The van der Waals surface area contributed by atoms with Crippen LogP contribution in [0.25, 0.3) is 0 Å². The molecule has 1 atom stereocenters. The van der Waals surface area contributed by atoms with Crippen LogP contribution in [0.15, 0.2) is 48.5 Å². The fourth-order valence-corrected chi connectivity index (χ4v) is 3.28. The lowest BCUT2D eigenvalue weighted by molar-refractivity contribution is -0.136. The van der Waals surface area contributed by atoms with Crippen LogP contribution >= 0.6 is 0 Å². The van der Waals surface area contributed by atoms with Gasteiger partial charge in [-0.25, -0.2) is 0 Å². The van der Waals surface area contributed by atoms with E-state index >= 15 is 0 Å². The maximum Gasteiger partial charge on any atom is 0.263 e. The minimum Gasteiger partial charge on any atom is -0.295 e. The van der Waals surface area contributed by atoms with E-state index in [9.17, 15) is 19.2 Å². The molecule has 4 rings (SSSR count). The smallest absolute Gasteiger partial charge is 0.263 e. The zero-order valence-corrected chi connectivity index (χ0v) is 14.2. The summed E-state index contributed by atoms with van der Waals surface area (Å²) >= 11 is 0. The molecule has 0 spiro atoms. The van der Waals surface area contributed by atoms with Gasteiger partial charge in [-0.15, -0.1) is 0 Å². The SMILES string of the molecule is O=C1CCC(N2C(=O)c3cccc(C#Cc4ccccc4)c3C2=O)C(=O)N1. The Morgan fingerprint density at radius 2 is 1.67 bits per heavy atom. The summed E-state index contributed by atoms with van der Waals surface area (Å²) in [6.07, 6.45) is 0.214. The Morgan fingerprint density at radius 3 is 2.41 bits per heavy atom. The Kier molecular flexibility index (Phi) is 4.05. The molecule has 6 nitrogen and oxygen atoms in total. The van der Waals surface area contributed by atoms with Crippen molar-refractivity contribution in [2.45, 2.75) is 18.9 Å². The van der Waals surface area contributed by atoms with Gasteiger partial charge in [-0.3, -0.25) is 29.4 Å². The number of hydrogen-bond acceptors (Lipinski definition) is 4. The van der Waals surface area contributed by atoms with Gasteiger partial charge in [0.25, 0.3) is 11.8 Å². The highest BCUT2D eigenvalue weighted by molar-refractivity contribution is 6.24. The molecule has 27 heavy (non-hydrogen) atoms. The fraction of sp³-hybridized carbons (Fsp3) is 0.143. The molecule has 1 N–H and O–H groups in total. The summed E-state index contributed by atoms with van der Waals surface area (Å²) in [5.41, 5.74) is 1.65. The summed E-state index contributed by atoms with van der Waals surface area (Å²) in [4.78, 5) is 50.1. The van der Waals surface area contributed by atoms with Crippen molar-refractivity contribution in [2.24, 2.45) is 0 Å². The first-order valence-corrected chi connectivity index (χ1v) is 8.48. The van der Waals surface area contributed by atoms with E-state index in [-0.39, 0.29) is 24.0 Å². The van der Waals surface area contributed by atoms with Gasteiger partial charge in [-0.2, -0.15) is 0 Å². The first kappa shape index (κ1) is 16.7. The van der Waals surface area contributed by atoms with Gasteiger partial charge in [0.15, 0.2) is 0 Å². The Bertz CT molecular complexity index is 1050. The Balaban J connectivity index is 1.71. The van der Waals surface area contributed by atoms with Gasteiger partial charge < -0.3 is 0 Å². The molecule has 0 radical (unpaired) electrons. The molecular formula is C21H14N2O4. The molecule has 4 amide bonds. The molecule has 1 saturated heterocycles. The molecule has 2 aromatic rings. The predicted octanol–water partition coefficient (Wildman–Crippen LogP) is 1.49. The van der Waals surface area contributed by atoms with E-state index in [1.165, 1.54) is 0 Å². The standard InChI is InChI=1S/C21H14N2O4/c24-17-12-11-16(19(25)22-17)23-20(26)15-8-4-7-14(18(15)21(23)27)10-9-13-5-2-1-3-6-13/h1-8,16H,11-12H2,(H,22,24,25). The van der Waals surface area contributed by atoms with Crippen molar-refractivity contribution < 1.29 is 19.2 Å². The van der Waals surface area contributed by atoms with Crippen molar-refractivity contribution in [2.75, 3.05) is 0 Å². The second kappa shape index (κ2) is 6.54. The monoisotopic (exact) mass is 358 g/mol. The summed E-state index contributed by atoms with van der Waals surface area (Å²) in [5.74, 6) is 3.81. The number of benzene rings is 2. The highest BCUT2D eigenvalue weighted by Crippen LogP contribution is 2.29. The summed E-state index contributed by atoms with van der Waals surface area (Å²) in [6.45, 7) is 0. The van der Waals surface area contributed by atoms with E-state index in [0.717, 1.165) is 10.5 Å². The van der Waals surface area contributed by atoms with Crippen LogP contribution in [0, 0.1) is 11.8 Å². The summed E-state index contributed by atoms with van der Waals surface area (Å²) < 4.78 is 0. The van der Waals surface area contributed by atoms with Crippen LogP contribution in [-0.2, 0) is 9.59 Å². The molecule has 132 valence electrons. The van der Waals surface area contributed by atoms with Gasteiger partial charge in [0.05, 0.1) is 11.1 Å². The zero-order chi connectivity index (χ0) is 19.0. The molecular weight excluding hydrogens is 344 g/mol. The maximum atomic E-state index is 12.9. The molecule has 2 aromatic carbocycles. The third-order valence-electron chi connectivity index (χ3n) is 4.58. The fourth-order valence-electron chi connectivity index (χ4n) is 3.28. The molecule has 2 heterocycles. The number of hydrogen-bond donors (Lipinski definition) is 1. The number of fused-ring (bicyclic) bond motifs is 1. The molecule has 2 aliphatic rings. The third kappa shape index (κ3) is 2.89. The Hall–Kier alpha value is -3.72. The minimum absolute atomic E-state index is 0.0878. The van der Waals surface area contributed by atoms with Crippen LogP contribution in [0.3, 0.4) is 0 Å². The van der Waals surface area contributed by atoms with Crippen LogP contribution in [-0.4, -0.2) is 34.6 Å². The van der Waals surface area contributed by atoms with Gasteiger partial charge in [0, 0.05) is 17.5 Å². The third-order valence-corrected chi connectivity index (χ3v) is 4.58. The lowest BCUT2D eigenvalue weighted by Crippen LogP contribution is -2.54. The number of nitrogens with one attached hydrogen (secondary N) is 1. The molecule has 6 heteroatoms. The predicted molar refractivity (Wildman–Crippen MR) is 95.5 cm³/mol. The highest BCUT2D eigenvalue weighted by atomic mass is 16.2. The number of imide groups is 2. The molecule has 2 aliphatic heterocycles. The normalized spacial score (nSPS) is 18.7. The van der Waals surface area contributed by atoms with Crippen molar-refractivity contribution in [1.29, 1.82) is 0 Å².